The van der Waals surface area contributed by atoms with Crippen molar-refractivity contribution in [2.75, 3.05) is 0 Å². The number of nitrogens with zero attached hydrogens (tertiary/aromatic N) is 1. The van der Waals surface area contributed by atoms with Crippen molar-refractivity contribution >= 4 is 52.4 Å². The van der Waals surface area contributed by atoms with E-state index in [-0.39, 0.29) is 25.7 Å². The number of hydrogen-bond acceptors (Lipinski definition) is 2. The number of benzene rings is 1. The van der Waals surface area contributed by atoms with Gasteiger partial charge in [-0.1, -0.05) is 46.4 Å². The van der Waals surface area contributed by atoms with Crippen LogP contribution in [0.4, 0.5) is 0 Å². The van der Waals surface area contributed by atoms with Crippen LogP contribution in [0.1, 0.15) is 15.9 Å². The molecule has 0 radical (unpaired) electrons. The molecule has 0 fully saturated rings. The molecule has 78 valence electrons. The molecule has 15 heavy (non-hydrogen) atoms. The van der Waals surface area contributed by atoms with E-state index in [1.807, 2.05) is 0 Å². The maximum absolute atomic E-state index is 10.8. The Morgan fingerprint density at radius 2 is 1.60 bits per heavy atom. The summed E-state index contributed by atoms with van der Waals surface area (Å²) in [5, 5.41) is 16.6. The Hall–Kier alpha value is -0.660. The number of aromatic carboxylic acids is 1. The molecule has 0 aromatic heterocycles. The average Bonchev–Trinajstić information content (AvgIpc) is 2.15. The minimum atomic E-state index is -1.37. The van der Waals surface area contributed by atoms with Crippen LogP contribution in [-0.4, -0.2) is 11.1 Å². The number of carboxylic acid groups (broad SMARTS) is 1. The maximum Gasteiger partial charge on any atom is 0.338 e. The molecule has 0 saturated carbocycles. The van der Waals surface area contributed by atoms with Crippen LogP contribution in [0.2, 0.25) is 20.1 Å². The Labute approximate surface area is 105 Å². The minimum absolute atomic E-state index is 0.154. The Balaban J connectivity index is 3.78. The molecular weight excluding hydrogens is 284 g/mol. The number of nitriles is 1. The van der Waals surface area contributed by atoms with E-state index in [9.17, 15) is 4.79 Å². The molecule has 0 atom stereocenters. The van der Waals surface area contributed by atoms with Gasteiger partial charge in [-0.15, -0.1) is 0 Å². The second kappa shape index (κ2) is 4.46. The molecule has 0 unspecified atom stereocenters. The van der Waals surface area contributed by atoms with Crippen LogP contribution in [0.25, 0.3) is 0 Å². The first kappa shape index (κ1) is 12.4. The van der Waals surface area contributed by atoms with E-state index in [0.717, 1.165) is 0 Å². The lowest BCUT2D eigenvalue weighted by Crippen LogP contribution is -2.01. The van der Waals surface area contributed by atoms with Gasteiger partial charge in [0.1, 0.15) is 6.07 Å². The van der Waals surface area contributed by atoms with Crippen molar-refractivity contribution in [1.29, 1.82) is 5.26 Å². The van der Waals surface area contributed by atoms with Gasteiger partial charge in [-0.05, 0) is 0 Å². The summed E-state index contributed by atoms with van der Waals surface area (Å²) >= 11 is 22.6. The van der Waals surface area contributed by atoms with E-state index >= 15 is 0 Å². The SMILES string of the molecule is N#Cc1c(Cl)c(Cl)c(Cl)c(C(=O)O)c1Cl. The number of rotatable bonds is 1. The first-order valence-corrected chi connectivity index (χ1v) is 4.92. The average molecular weight is 285 g/mol. The maximum atomic E-state index is 10.8. The zero-order valence-corrected chi connectivity index (χ0v) is 9.84. The third-order valence-corrected chi connectivity index (χ3v) is 3.29. The van der Waals surface area contributed by atoms with Crippen LogP contribution in [0.5, 0.6) is 0 Å². The highest BCUT2D eigenvalue weighted by atomic mass is 35.5. The standard InChI is InChI=1S/C8HCl4NO2/c9-4-2(1-13)5(10)7(12)6(11)3(4)8(14)15/h(H,14,15). The van der Waals surface area contributed by atoms with Crippen LogP contribution < -0.4 is 0 Å². The van der Waals surface area contributed by atoms with E-state index < -0.39 is 11.5 Å². The molecule has 0 saturated heterocycles. The van der Waals surface area contributed by atoms with Gasteiger partial charge >= 0.3 is 5.97 Å². The summed E-state index contributed by atoms with van der Waals surface area (Å²) in [7, 11) is 0. The highest BCUT2D eigenvalue weighted by Gasteiger charge is 2.24. The highest BCUT2D eigenvalue weighted by molar-refractivity contribution is 6.51. The van der Waals surface area contributed by atoms with Gasteiger partial charge in [-0.3, -0.25) is 0 Å². The van der Waals surface area contributed by atoms with E-state index in [4.69, 9.17) is 56.8 Å². The first-order valence-electron chi connectivity index (χ1n) is 3.41. The van der Waals surface area contributed by atoms with Gasteiger partial charge in [0.2, 0.25) is 0 Å². The molecule has 0 bridgehead atoms. The Morgan fingerprint density at radius 1 is 1.07 bits per heavy atom. The summed E-state index contributed by atoms with van der Waals surface area (Å²) in [4.78, 5) is 10.8. The molecular formula is C8HCl4NO2. The fourth-order valence-corrected chi connectivity index (χ4v) is 2.07. The molecule has 3 nitrogen and oxygen atoms in total. The molecule has 0 spiro atoms. The van der Waals surface area contributed by atoms with Crippen LogP contribution in [0, 0.1) is 11.3 Å². The van der Waals surface area contributed by atoms with Crippen molar-refractivity contribution in [2.45, 2.75) is 0 Å². The molecule has 1 aromatic carbocycles. The lowest BCUT2D eigenvalue weighted by atomic mass is 10.1. The molecule has 1 aromatic rings. The van der Waals surface area contributed by atoms with Gasteiger partial charge in [0, 0.05) is 0 Å². The summed E-state index contributed by atoms with van der Waals surface area (Å²) in [6.07, 6.45) is 0. The van der Waals surface area contributed by atoms with Crippen LogP contribution in [0.15, 0.2) is 0 Å². The first-order chi connectivity index (χ1) is 6.91. The molecule has 0 aliphatic carbocycles. The minimum Gasteiger partial charge on any atom is -0.478 e. The summed E-state index contributed by atoms with van der Waals surface area (Å²) in [5.41, 5.74) is -0.630. The summed E-state index contributed by atoms with van der Waals surface area (Å²) < 4.78 is 0. The van der Waals surface area contributed by atoms with Crippen LogP contribution in [-0.2, 0) is 0 Å². The van der Waals surface area contributed by atoms with Gasteiger partial charge < -0.3 is 5.11 Å². The Kier molecular flexibility index (Phi) is 3.69. The van der Waals surface area contributed by atoms with Gasteiger partial charge in [0.05, 0.1) is 31.2 Å². The van der Waals surface area contributed by atoms with E-state index in [2.05, 4.69) is 0 Å². The van der Waals surface area contributed by atoms with Crippen LogP contribution in [0.3, 0.4) is 0 Å². The van der Waals surface area contributed by atoms with E-state index in [1.54, 1.807) is 6.07 Å². The van der Waals surface area contributed by atoms with Crippen molar-refractivity contribution in [3.63, 3.8) is 0 Å². The topological polar surface area (TPSA) is 61.1 Å². The lowest BCUT2D eigenvalue weighted by molar-refractivity contribution is 0.0697. The summed E-state index contributed by atoms with van der Waals surface area (Å²) in [6.45, 7) is 0. The molecule has 1 rings (SSSR count). The Morgan fingerprint density at radius 3 is 2.00 bits per heavy atom. The Bertz CT molecular complexity index is 493. The van der Waals surface area contributed by atoms with Gasteiger partial charge in [-0.25, -0.2) is 4.79 Å². The predicted molar refractivity (Wildman–Crippen MR) is 58.2 cm³/mol. The third kappa shape index (κ3) is 1.99. The van der Waals surface area contributed by atoms with Crippen molar-refractivity contribution in [3.05, 3.63) is 31.2 Å². The van der Waals surface area contributed by atoms with Gasteiger partial charge in [0.25, 0.3) is 0 Å². The monoisotopic (exact) mass is 283 g/mol. The number of halogens is 4. The summed E-state index contributed by atoms with van der Waals surface area (Å²) in [5.74, 6) is -1.37. The normalized spacial score (nSPS) is 9.80. The fourth-order valence-electron chi connectivity index (χ4n) is 0.919. The van der Waals surface area contributed by atoms with Crippen molar-refractivity contribution < 1.29 is 9.90 Å². The molecule has 0 aliphatic rings. The third-order valence-electron chi connectivity index (χ3n) is 1.59. The zero-order chi connectivity index (χ0) is 11.7. The quantitative estimate of drug-likeness (QED) is 0.629. The van der Waals surface area contributed by atoms with Gasteiger partial charge in [-0.2, -0.15) is 5.26 Å². The lowest BCUT2D eigenvalue weighted by Gasteiger charge is -2.08. The fraction of sp³-hybridized carbons (Fsp3) is 0. The predicted octanol–water partition coefficient (Wildman–Crippen LogP) is 3.87. The van der Waals surface area contributed by atoms with Crippen molar-refractivity contribution in [3.8, 4) is 6.07 Å². The second-order valence-corrected chi connectivity index (χ2v) is 3.93. The molecule has 1 N–H and O–H groups in total. The van der Waals surface area contributed by atoms with E-state index in [1.165, 1.54) is 0 Å². The molecule has 7 heteroatoms. The molecule has 0 heterocycles. The smallest absolute Gasteiger partial charge is 0.338 e. The molecule has 0 amide bonds. The molecule has 0 aliphatic heterocycles. The second-order valence-electron chi connectivity index (χ2n) is 2.42. The van der Waals surface area contributed by atoms with Gasteiger partial charge in [0.15, 0.2) is 0 Å². The number of carboxylic acids is 1. The zero-order valence-electron chi connectivity index (χ0n) is 6.81. The highest BCUT2D eigenvalue weighted by Crippen LogP contribution is 2.40. The number of carbonyl (C=O) groups is 1. The number of hydrogen-bond donors (Lipinski definition) is 1. The van der Waals surface area contributed by atoms with Crippen molar-refractivity contribution in [1.82, 2.24) is 0 Å². The van der Waals surface area contributed by atoms with Crippen LogP contribution >= 0.6 is 46.4 Å². The van der Waals surface area contributed by atoms with E-state index in [0.29, 0.717) is 0 Å². The summed E-state index contributed by atoms with van der Waals surface area (Å²) in [6, 6.07) is 1.66. The largest absolute Gasteiger partial charge is 0.478 e. The van der Waals surface area contributed by atoms with Crippen molar-refractivity contribution in [2.24, 2.45) is 0 Å².